The van der Waals surface area contributed by atoms with E-state index < -0.39 is 0 Å². The maximum absolute atomic E-state index is 12.7. The lowest BCUT2D eigenvalue weighted by molar-refractivity contribution is 0.102. The second-order valence-corrected chi connectivity index (χ2v) is 7.44. The molecule has 1 aromatic carbocycles. The Bertz CT molecular complexity index is 1020. The number of carbonyl (C=O) groups excluding carboxylic acids is 1. The van der Waals surface area contributed by atoms with Crippen molar-refractivity contribution in [2.45, 2.75) is 25.5 Å². The first-order chi connectivity index (χ1) is 13.5. The molecular weight excluding hydrogens is 372 g/mol. The number of aromatic nitrogens is 4. The zero-order valence-corrected chi connectivity index (χ0v) is 17.4. The quantitative estimate of drug-likeness (QED) is 0.326. The number of thioether (sulfide) groups is 1. The summed E-state index contributed by atoms with van der Waals surface area (Å²) in [6, 6.07) is 9.62. The lowest BCUT2D eigenvalue weighted by Gasteiger charge is -2.07. The smallest absolute Gasteiger partial charge is 0.191 e. The predicted octanol–water partition coefficient (Wildman–Crippen LogP) is 4.07. The van der Waals surface area contributed by atoms with Gasteiger partial charge in [-0.05, 0) is 32.0 Å². The minimum atomic E-state index is 0.0827. The maximum Gasteiger partial charge on any atom is 0.191 e. The molecule has 0 atom stereocenters. The number of aryl methyl sites for hydroxylation is 1. The summed E-state index contributed by atoms with van der Waals surface area (Å²) in [5.41, 5.74) is 3.70. The van der Waals surface area contributed by atoms with Gasteiger partial charge < -0.3 is 13.9 Å². The van der Waals surface area contributed by atoms with Crippen LogP contribution in [0.15, 0.2) is 48.1 Å². The Kier molecular flexibility index (Phi) is 6.04. The molecule has 0 bridgehead atoms. The van der Waals surface area contributed by atoms with Gasteiger partial charge in [-0.1, -0.05) is 30.0 Å². The topological polar surface area (TPSA) is 61.9 Å². The van der Waals surface area contributed by atoms with Crippen LogP contribution in [0.2, 0.25) is 0 Å². The molecule has 2 heterocycles. The van der Waals surface area contributed by atoms with Crippen LogP contribution in [0.3, 0.4) is 0 Å². The van der Waals surface area contributed by atoms with Gasteiger partial charge in [0.15, 0.2) is 16.8 Å². The van der Waals surface area contributed by atoms with Crippen LogP contribution in [0.25, 0.3) is 11.4 Å². The highest BCUT2D eigenvalue weighted by Gasteiger charge is 2.18. The van der Waals surface area contributed by atoms with E-state index in [0.29, 0.717) is 17.5 Å². The molecule has 146 valence electrons. The van der Waals surface area contributed by atoms with Gasteiger partial charge in [0, 0.05) is 36.1 Å². The summed E-state index contributed by atoms with van der Waals surface area (Å²) in [6.07, 6.45) is 1.84. The van der Waals surface area contributed by atoms with Gasteiger partial charge in [-0.2, -0.15) is 0 Å². The number of rotatable bonds is 8. The first kappa shape index (κ1) is 19.9. The minimum absolute atomic E-state index is 0.0827. The van der Waals surface area contributed by atoms with Gasteiger partial charge in [-0.25, -0.2) is 0 Å². The van der Waals surface area contributed by atoms with Gasteiger partial charge in [-0.3, -0.25) is 4.79 Å². The number of hydrogen-bond acceptors (Lipinski definition) is 5. The molecule has 3 aromatic rings. The van der Waals surface area contributed by atoms with Crippen LogP contribution in [0, 0.1) is 13.8 Å². The molecule has 7 heteroatoms. The summed E-state index contributed by atoms with van der Waals surface area (Å²) >= 11 is 1.39. The lowest BCUT2D eigenvalue weighted by Crippen LogP contribution is -2.07. The molecule has 0 radical (unpaired) electrons. The van der Waals surface area contributed by atoms with Gasteiger partial charge in [0.2, 0.25) is 0 Å². The van der Waals surface area contributed by atoms with Gasteiger partial charge in [0.05, 0.1) is 12.9 Å². The predicted molar refractivity (Wildman–Crippen MR) is 112 cm³/mol. The number of benzene rings is 1. The van der Waals surface area contributed by atoms with Gasteiger partial charge in [0.1, 0.15) is 5.75 Å². The maximum atomic E-state index is 12.7. The average Bonchev–Trinajstić information content (AvgIpc) is 3.20. The molecule has 0 aliphatic rings. The molecule has 0 saturated heterocycles. The van der Waals surface area contributed by atoms with Crippen molar-refractivity contribution in [2.24, 2.45) is 7.05 Å². The average molecular weight is 397 g/mol. The van der Waals surface area contributed by atoms with Crippen LogP contribution in [0.4, 0.5) is 0 Å². The number of hydrogen-bond donors (Lipinski definition) is 0. The van der Waals surface area contributed by atoms with E-state index in [2.05, 4.69) is 21.3 Å². The molecule has 0 unspecified atom stereocenters. The van der Waals surface area contributed by atoms with Gasteiger partial charge in [0.25, 0.3) is 0 Å². The van der Waals surface area contributed by atoms with E-state index in [1.165, 1.54) is 11.8 Å². The molecule has 0 fully saturated rings. The SMILES string of the molecule is C=CCn1c(C)cc(C(=O)CSc2nnc(-c3cccc(OC)c3)n2C)c1C. The fourth-order valence-electron chi connectivity index (χ4n) is 3.16. The molecule has 2 aromatic heterocycles. The molecule has 6 nitrogen and oxygen atoms in total. The Balaban J connectivity index is 1.75. The van der Waals surface area contributed by atoms with Crippen molar-refractivity contribution >= 4 is 17.5 Å². The minimum Gasteiger partial charge on any atom is -0.497 e. The highest BCUT2D eigenvalue weighted by Crippen LogP contribution is 2.26. The molecule has 0 saturated carbocycles. The van der Waals surface area contributed by atoms with E-state index in [-0.39, 0.29) is 5.78 Å². The van der Waals surface area contributed by atoms with E-state index >= 15 is 0 Å². The van der Waals surface area contributed by atoms with Crippen molar-refractivity contribution < 1.29 is 9.53 Å². The number of ketones is 1. The fourth-order valence-corrected chi connectivity index (χ4v) is 3.95. The third kappa shape index (κ3) is 3.89. The first-order valence-corrected chi connectivity index (χ1v) is 9.92. The highest BCUT2D eigenvalue weighted by molar-refractivity contribution is 7.99. The Morgan fingerprint density at radius 2 is 2.07 bits per heavy atom. The van der Waals surface area contributed by atoms with E-state index in [0.717, 1.165) is 34.1 Å². The van der Waals surface area contributed by atoms with Crippen molar-refractivity contribution in [1.82, 2.24) is 19.3 Å². The zero-order valence-electron chi connectivity index (χ0n) is 16.6. The van der Waals surface area contributed by atoms with Crippen LogP contribution in [-0.4, -0.2) is 38.0 Å². The Labute approximate surface area is 169 Å². The number of carbonyl (C=O) groups is 1. The van der Waals surface area contributed by atoms with Crippen LogP contribution < -0.4 is 4.74 Å². The largest absolute Gasteiger partial charge is 0.497 e. The first-order valence-electron chi connectivity index (χ1n) is 8.93. The number of methoxy groups -OCH3 is 1. The summed E-state index contributed by atoms with van der Waals surface area (Å²) in [7, 11) is 3.53. The second-order valence-electron chi connectivity index (χ2n) is 6.49. The molecule has 0 amide bonds. The van der Waals surface area contributed by atoms with E-state index in [9.17, 15) is 4.79 Å². The van der Waals surface area contributed by atoms with Crippen molar-refractivity contribution in [1.29, 1.82) is 0 Å². The molecule has 0 aliphatic carbocycles. The number of ether oxygens (including phenoxy) is 1. The molecule has 0 aliphatic heterocycles. The van der Waals surface area contributed by atoms with Crippen molar-refractivity contribution in [2.75, 3.05) is 12.9 Å². The Morgan fingerprint density at radius 3 is 2.79 bits per heavy atom. The number of Topliss-reactive ketones (excluding diaryl/α,β-unsaturated/α-hetero) is 1. The van der Waals surface area contributed by atoms with E-state index in [1.807, 2.05) is 61.9 Å². The van der Waals surface area contributed by atoms with Gasteiger partial charge in [-0.15, -0.1) is 16.8 Å². The third-order valence-corrected chi connectivity index (χ3v) is 5.70. The Morgan fingerprint density at radius 1 is 1.29 bits per heavy atom. The van der Waals surface area contributed by atoms with Crippen molar-refractivity contribution in [3.05, 3.63) is 59.9 Å². The second kappa shape index (κ2) is 8.48. The summed E-state index contributed by atoms with van der Waals surface area (Å²) in [4.78, 5) is 12.7. The number of nitrogens with zero attached hydrogens (tertiary/aromatic N) is 4. The summed E-state index contributed by atoms with van der Waals surface area (Å²) in [5, 5.41) is 9.23. The highest BCUT2D eigenvalue weighted by atomic mass is 32.2. The van der Waals surface area contributed by atoms with Crippen molar-refractivity contribution in [3.63, 3.8) is 0 Å². The van der Waals surface area contributed by atoms with E-state index in [1.54, 1.807) is 7.11 Å². The number of allylic oxidation sites excluding steroid dienone is 1. The van der Waals surface area contributed by atoms with Crippen LogP contribution >= 0.6 is 11.8 Å². The summed E-state index contributed by atoms with van der Waals surface area (Å²) in [5.74, 6) is 1.89. The Hall–Kier alpha value is -2.80. The molecule has 3 rings (SSSR count). The third-order valence-electron chi connectivity index (χ3n) is 4.68. The zero-order chi connectivity index (χ0) is 20.3. The normalized spacial score (nSPS) is 10.9. The lowest BCUT2D eigenvalue weighted by atomic mass is 10.2. The molecule has 28 heavy (non-hydrogen) atoms. The van der Waals surface area contributed by atoms with E-state index in [4.69, 9.17) is 4.74 Å². The monoisotopic (exact) mass is 396 g/mol. The molecule has 0 spiro atoms. The van der Waals surface area contributed by atoms with Crippen LogP contribution in [-0.2, 0) is 13.6 Å². The fraction of sp³-hybridized carbons (Fsp3) is 0.286. The standard InChI is InChI=1S/C21H24N4O2S/c1-6-10-25-14(2)11-18(15(25)3)19(26)13-28-21-23-22-20(24(21)4)16-8-7-9-17(12-16)27-5/h6-9,11-12H,1,10,13H2,2-5H3. The van der Waals surface area contributed by atoms with Crippen LogP contribution in [0.1, 0.15) is 21.7 Å². The molecule has 0 N–H and O–H groups in total. The van der Waals surface area contributed by atoms with Gasteiger partial charge >= 0.3 is 0 Å². The van der Waals surface area contributed by atoms with Crippen LogP contribution in [0.5, 0.6) is 5.75 Å². The summed E-state index contributed by atoms with van der Waals surface area (Å²) < 4.78 is 9.26. The molecular formula is C21H24N4O2S. The van der Waals surface area contributed by atoms with Crippen molar-refractivity contribution in [3.8, 4) is 17.1 Å². The summed E-state index contributed by atoms with van der Waals surface area (Å²) in [6.45, 7) is 8.45.